The highest BCUT2D eigenvalue weighted by atomic mass is 16.5. The monoisotopic (exact) mass is 256 g/mol. The zero-order valence-corrected chi connectivity index (χ0v) is 10.3. The molecule has 0 atom stereocenters. The molecule has 4 heteroatoms. The molecule has 1 aromatic heterocycles. The van der Waals surface area contributed by atoms with Crippen molar-refractivity contribution in [1.29, 1.82) is 0 Å². The van der Waals surface area contributed by atoms with Gasteiger partial charge in [-0.1, -0.05) is 24.3 Å². The molecule has 0 saturated carbocycles. The van der Waals surface area contributed by atoms with Gasteiger partial charge in [0.2, 0.25) is 0 Å². The Labute approximate surface area is 109 Å². The number of hydrogen-bond acceptors (Lipinski definition) is 4. The van der Waals surface area contributed by atoms with Gasteiger partial charge in [-0.15, -0.1) is 0 Å². The van der Waals surface area contributed by atoms with E-state index in [-0.39, 0.29) is 22.5 Å². The Bertz CT molecular complexity index is 741. The first-order valence-corrected chi connectivity index (χ1v) is 5.89. The summed E-state index contributed by atoms with van der Waals surface area (Å²) in [5.74, 6) is 0.829. The largest absolute Gasteiger partial charge is 0.507 e. The molecule has 0 spiro atoms. The molecular formula is C15H12O4. The van der Waals surface area contributed by atoms with Crippen LogP contribution >= 0.6 is 0 Å². The van der Waals surface area contributed by atoms with Gasteiger partial charge >= 0.3 is 0 Å². The zero-order chi connectivity index (χ0) is 13.4. The Morgan fingerprint density at radius 3 is 2.63 bits per heavy atom. The van der Waals surface area contributed by atoms with E-state index in [4.69, 9.17) is 9.15 Å². The molecule has 0 amide bonds. The molecule has 3 rings (SSSR count). The molecule has 2 aromatic rings. The number of hydrogen-bond donors (Lipinski definition) is 1. The first-order valence-electron chi connectivity index (χ1n) is 5.89. The quantitative estimate of drug-likeness (QED) is 0.897. The number of fused-ring (bicyclic) bond motifs is 1. The third-order valence-corrected chi connectivity index (χ3v) is 3.11. The number of benzene rings is 1. The van der Waals surface area contributed by atoms with Crippen LogP contribution in [0.5, 0.6) is 11.5 Å². The number of ether oxygens (including phenoxy) is 1. The number of rotatable bonds is 2. The van der Waals surface area contributed by atoms with Crippen LogP contribution in [0.25, 0.3) is 11.0 Å². The lowest BCUT2D eigenvalue weighted by Crippen LogP contribution is -2.04. The Morgan fingerprint density at radius 1 is 1.21 bits per heavy atom. The van der Waals surface area contributed by atoms with Gasteiger partial charge in [-0.25, -0.2) is 0 Å². The van der Waals surface area contributed by atoms with Crippen LogP contribution in [-0.4, -0.2) is 12.2 Å². The van der Waals surface area contributed by atoms with Gasteiger partial charge in [0.05, 0.1) is 13.0 Å². The molecule has 0 radical (unpaired) electrons. The van der Waals surface area contributed by atoms with Crippen LogP contribution in [0.4, 0.5) is 0 Å². The maximum absolute atomic E-state index is 12.1. The van der Waals surface area contributed by atoms with Crippen LogP contribution in [0.2, 0.25) is 0 Å². The van der Waals surface area contributed by atoms with Crippen LogP contribution in [-0.2, 0) is 0 Å². The molecule has 19 heavy (non-hydrogen) atoms. The number of allylic oxidation sites excluding steroid dienone is 4. The third-order valence-electron chi connectivity index (χ3n) is 3.11. The van der Waals surface area contributed by atoms with Gasteiger partial charge in [-0.3, -0.25) is 4.79 Å². The molecule has 1 aromatic carbocycles. The van der Waals surface area contributed by atoms with Crippen molar-refractivity contribution in [1.82, 2.24) is 0 Å². The highest BCUT2D eigenvalue weighted by Crippen LogP contribution is 2.31. The minimum absolute atomic E-state index is 0.0366. The lowest BCUT2D eigenvalue weighted by atomic mass is 10.1. The minimum Gasteiger partial charge on any atom is -0.507 e. The first-order chi connectivity index (χ1) is 9.19. The second-order valence-corrected chi connectivity index (χ2v) is 4.33. The summed E-state index contributed by atoms with van der Waals surface area (Å²) in [6, 6.07) is 4.41. The number of phenolic OH excluding ortho intramolecular Hbond substituents is 1. The van der Waals surface area contributed by atoms with Crippen molar-refractivity contribution >= 4 is 11.0 Å². The zero-order valence-electron chi connectivity index (χ0n) is 10.3. The van der Waals surface area contributed by atoms with Crippen molar-refractivity contribution in [2.24, 2.45) is 0 Å². The average molecular weight is 256 g/mol. The van der Waals surface area contributed by atoms with Crippen molar-refractivity contribution < 1.29 is 14.3 Å². The summed E-state index contributed by atoms with van der Waals surface area (Å²) in [6.07, 6.45) is 7.67. The van der Waals surface area contributed by atoms with E-state index in [2.05, 4.69) is 0 Å². The number of aromatic hydroxyl groups is 1. The highest BCUT2D eigenvalue weighted by molar-refractivity contribution is 5.84. The fourth-order valence-corrected chi connectivity index (χ4v) is 2.17. The maximum Gasteiger partial charge on any atom is 0.196 e. The normalized spacial score (nSPS) is 14.4. The van der Waals surface area contributed by atoms with Crippen LogP contribution < -0.4 is 10.2 Å². The molecule has 0 aliphatic heterocycles. The Hall–Kier alpha value is -2.49. The first kappa shape index (κ1) is 11.6. The molecule has 4 nitrogen and oxygen atoms in total. The molecular weight excluding hydrogens is 244 g/mol. The average Bonchev–Trinajstić information content (AvgIpc) is 2.91. The van der Waals surface area contributed by atoms with Crippen molar-refractivity contribution in [3.05, 3.63) is 58.5 Å². The topological polar surface area (TPSA) is 59.7 Å². The summed E-state index contributed by atoms with van der Waals surface area (Å²) in [5, 5.41) is 10.0. The molecule has 0 unspecified atom stereocenters. The summed E-state index contributed by atoms with van der Waals surface area (Å²) in [7, 11) is 1.49. The summed E-state index contributed by atoms with van der Waals surface area (Å²) in [5.41, 5.74) is 0.0677. The van der Waals surface area contributed by atoms with Crippen molar-refractivity contribution in [3.8, 4) is 11.5 Å². The molecule has 96 valence electrons. The summed E-state index contributed by atoms with van der Waals surface area (Å²) in [4.78, 5) is 12.1. The van der Waals surface area contributed by atoms with Gasteiger partial charge in [0.15, 0.2) is 5.43 Å². The van der Waals surface area contributed by atoms with Gasteiger partial charge in [0.1, 0.15) is 28.2 Å². The number of methoxy groups -OCH3 is 1. The van der Waals surface area contributed by atoms with Crippen LogP contribution in [0, 0.1) is 0 Å². The smallest absolute Gasteiger partial charge is 0.196 e. The van der Waals surface area contributed by atoms with Crippen LogP contribution in [0.1, 0.15) is 11.7 Å². The third kappa shape index (κ3) is 1.91. The maximum atomic E-state index is 12.1. The summed E-state index contributed by atoms with van der Waals surface area (Å²) in [6.45, 7) is 0. The van der Waals surface area contributed by atoms with E-state index in [1.165, 1.54) is 19.2 Å². The van der Waals surface area contributed by atoms with E-state index >= 15 is 0 Å². The molecule has 0 bridgehead atoms. The molecule has 0 saturated heterocycles. The predicted molar refractivity (Wildman–Crippen MR) is 71.7 cm³/mol. The minimum atomic E-state index is -0.259. The molecule has 1 aliphatic rings. The fraction of sp³-hybridized carbons (Fsp3) is 0.133. The van der Waals surface area contributed by atoms with Crippen LogP contribution in [0.15, 0.2) is 51.7 Å². The van der Waals surface area contributed by atoms with Gasteiger partial charge in [-0.05, 0) is 0 Å². The Kier molecular flexibility index (Phi) is 2.63. The van der Waals surface area contributed by atoms with Gasteiger partial charge in [0, 0.05) is 18.2 Å². The van der Waals surface area contributed by atoms with Gasteiger partial charge in [0.25, 0.3) is 0 Å². The summed E-state index contributed by atoms with van der Waals surface area (Å²) >= 11 is 0. The molecule has 0 fully saturated rings. The van der Waals surface area contributed by atoms with E-state index in [9.17, 15) is 9.90 Å². The van der Waals surface area contributed by atoms with E-state index in [0.717, 1.165) is 0 Å². The lowest BCUT2D eigenvalue weighted by molar-refractivity contribution is 0.407. The number of phenols is 1. The predicted octanol–water partition coefficient (Wildman–Crippen LogP) is 2.72. The van der Waals surface area contributed by atoms with Gasteiger partial charge < -0.3 is 14.3 Å². The second kappa shape index (κ2) is 4.31. The standard InChI is InChI=1S/C15H12O4/c1-18-10-6-11(16)15-12(17)8-13(19-14(15)7-10)9-4-2-3-5-9/h2-9,16H,1H3. The van der Waals surface area contributed by atoms with Gasteiger partial charge in [-0.2, -0.15) is 0 Å². The molecule has 1 aliphatic carbocycles. The van der Waals surface area contributed by atoms with Crippen molar-refractivity contribution in [2.45, 2.75) is 5.92 Å². The second-order valence-electron chi connectivity index (χ2n) is 4.33. The fourth-order valence-electron chi connectivity index (χ4n) is 2.17. The molecule has 1 heterocycles. The van der Waals surface area contributed by atoms with E-state index in [1.54, 1.807) is 6.07 Å². The summed E-state index contributed by atoms with van der Waals surface area (Å²) < 4.78 is 10.8. The van der Waals surface area contributed by atoms with E-state index in [0.29, 0.717) is 17.1 Å². The SMILES string of the molecule is COc1cc(O)c2c(=O)cc(C3C=CC=C3)oc2c1. The Morgan fingerprint density at radius 2 is 1.95 bits per heavy atom. The van der Waals surface area contributed by atoms with E-state index in [1.807, 2.05) is 24.3 Å². The molecule has 1 N–H and O–H groups in total. The lowest BCUT2D eigenvalue weighted by Gasteiger charge is -2.08. The van der Waals surface area contributed by atoms with Crippen molar-refractivity contribution in [3.63, 3.8) is 0 Å². The Balaban J connectivity index is 2.27. The van der Waals surface area contributed by atoms with E-state index < -0.39 is 0 Å². The van der Waals surface area contributed by atoms with Crippen molar-refractivity contribution in [2.75, 3.05) is 7.11 Å². The van der Waals surface area contributed by atoms with Crippen LogP contribution in [0.3, 0.4) is 0 Å². The highest BCUT2D eigenvalue weighted by Gasteiger charge is 2.15.